The van der Waals surface area contributed by atoms with Crippen LogP contribution in [0.15, 0.2) is 0 Å². The van der Waals surface area contributed by atoms with Crippen molar-refractivity contribution in [1.82, 2.24) is 0 Å². The molecule has 0 spiro atoms. The van der Waals surface area contributed by atoms with Gasteiger partial charge in [0.2, 0.25) is 0 Å². The molecular formula is C10H22O3SSi. The second-order valence-electron chi connectivity index (χ2n) is 3.18. The maximum absolute atomic E-state index is 5.70. The van der Waals surface area contributed by atoms with E-state index in [2.05, 4.69) is 0 Å². The first-order valence-corrected chi connectivity index (χ1v) is 7.85. The molecule has 0 rings (SSSR count). The molecule has 0 N–H and O–H groups in total. The molecule has 0 atom stereocenters. The summed E-state index contributed by atoms with van der Waals surface area (Å²) in [5.74, 6) is 0. The van der Waals surface area contributed by atoms with E-state index in [1.807, 2.05) is 27.7 Å². The van der Waals surface area contributed by atoms with E-state index < -0.39 is 8.80 Å². The van der Waals surface area contributed by atoms with E-state index in [-0.39, 0.29) is 0 Å². The smallest absolute Gasteiger partial charge is 0.374 e. The second kappa shape index (κ2) is 8.35. The molecule has 0 unspecified atom stereocenters. The first kappa shape index (κ1) is 15.2. The van der Waals surface area contributed by atoms with Gasteiger partial charge in [-0.1, -0.05) is 12.2 Å². The Kier molecular flexibility index (Phi) is 8.46. The van der Waals surface area contributed by atoms with Gasteiger partial charge in [-0.15, -0.1) is 0 Å². The molecule has 0 aliphatic heterocycles. The van der Waals surface area contributed by atoms with Crippen LogP contribution in [0.2, 0.25) is 6.04 Å². The van der Waals surface area contributed by atoms with Gasteiger partial charge in [-0.2, -0.15) is 0 Å². The number of hydrogen-bond acceptors (Lipinski definition) is 4. The standard InChI is InChI=1S/C10H22O3SSi/c1-5-11-15(12-6-2,13-7-3)9-8-10(4)14/h5-9H2,1-4H3. The van der Waals surface area contributed by atoms with Gasteiger partial charge >= 0.3 is 8.80 Å². The van der Waals surface area contributed by atoms with Crippen molar-refractivity contribution < 1.29 is 13.3 Å². The zero-order valence-electron chi connectivity index (χ0n) is 10.2. The minimum atomic E-state index is -2.45. The summed E-state index contributed by atoms with van der Waals surface area (Å²) in [4.78, 5) is 0.978. The van der Waals surface area contributed by atoms with Gasteiger partial charge in [-0.25, -0.2) is 0 Å². The van der Waals surface area contributed by atoms with E-state index in [4.69, 9.17) is 25.5 Å². The van der Waals surface area contributed by atoms with Gasteiger partial charge in [0.25, 0.3) is 0 Å². The summed E-state index contributed by atoms with van der Waals surface area (Å²) in [5.41, 5.74) is 0. The minimum Gasteiger partial charge on any atom is -0.374 e. The van der Waals surface area contributed by atoms with Crippen molar-refractivity contribution in [3.63, 3.8) is 0 Å². The molecule has 0 fully saturated rings. The van der Waals surface area contributed by atoms with E-state index in [0.29, 0.717) is 19.8 Å². The molecule has 3 nitrogen and oxygen atoms in total. The molecule has 0 aromatic carbocycles. The van der Waals surface area contributed by atoms with Gasteiger partial charge in [0.05, 0.1) is 0 Å². The molecule has 0 bridgehead atoms. The first-order chi connectivity index (χ1) is 7.10. The normalized spacial score (nSPS) is 11.7. The van der Waals surface area contributed by atoms with Gasteiger partial charge in [0.1, 0.15) is 0 Å². The number of thiocarbonyl (C=S) groups is 1. The minimum absolute atomic E-state index is 0.628. The lowest BCUT2D eigenvalue weighted by Crippen LogP contribution is -2.46. The summed E-state index contributed by atoms with van der Waals surface area (Å²) in [6.45, 7) is 9.71. The molecule has 0 aliphatic rings. The van der Waals surface area contributed by atoms with Crippen LogP contribution in [-0.4, -0.2) is 33.5 Å². The highest BCUT2D eigenvalue weighted by Crippen LogP contribution is 2.18. The topological polar surface area (TPSA) is 27.7 Å². The average molecular weight is 250 g/mol. The van der Waals surface area contributed by atoms with E-state index in [9.17, 15) is 0 Å². The fourth-order valence-corrected chi connectivity index (χ4v) is 4.30. The van der Waals surface area contributed by atoms with Crippen LogP contribution in [0.4, 0.5) is 0 Å². The summed E-state index contributed by atoms with van der Waals surface area (Å²) >= 11 is 5.07. The molecular weight excluding hydrogens is 228 g/mol. The molecule has 90 valence electrons. The number of rotatable bonds is 9. The Labute approximate surface area is 99.5 Å². The fourth-order valence-electron chi connectivity index (χ4n) is 1.33. The zero-order chi connectivity index (χ0) is 11.7. The third-order valence-corrected chi connectivity index (χ3v) is 5.13. The molecule has 0 aliphatic carbocycles. The lowest BCUT2D eigenvalue weighted by atomic mass is 10.4. The largest absolute Gasteiger partial charge is 0.501 e. The first-order valence-electron chi connectivity index (χ1n) is 5.51. The summed E-state index contributed by atoms with van der Waals surface area (Å²) in [6, 6.07) is 0.790. The van der Waals surface area contributed by atoms with Crippen LogP contribution < -0.4 is 0 Å². The molecule has 0 heterocycles. The van der Waals surface area contributed by atoms with Crippen LogP contribution in [0.1, 0.15) is 34.1 Å². The Morgan fingerprint density at radius 3 is 1.67 bits per heavy atom. The monoisotopic (exact) mass is 250 g/mol. The van der Waals surface area contributed by atoms with Crippen molar-refractivity contribution in [2.45, 2.75) is 40.2 Å². The highest BCUT2D eigenvalue weighted by Gasteiger charge is 2.39. The fraction of sp³-hybridized carbons (Fsp3) is 0.900. The Morgan fingerprint density at radius 2 is 1.40 bits per heavy atom. The van der Waals surface area contributed by atoms with Gasteiger partial charge in [0, 0.05) is 25.9 Å². The average Bonchev–Trinajstić information content (AvgIpc) is 2.16. The molecule has 0 amide bonds. The highest BCUT2D eigenvalue weighted by atomic mass is 32.1. The third-order valence-electron chi connectivity index (χ3n) is 1.88. The predicted octanol–water partition coefficient (Wildman–Crippen LogP) is 2.81. The molecule has 0 saturated heterocycles. The van der Waals surface area contributed by atoms with E-state index in [1.165, 1.54) is 0 Å². The van der Waals surface area contributed by atoms with Crippen molar-refractivity contribution in [1.29, 1.82) is 0 Å². The summed E-state index contributed by atoms with van der Waals surface area (Å²) in [5, 5.41) is 0. The van der Waals surface area contributed by atoms with Crippen LogP contribution in [0.25, 0.3) is 0 Å². The Bertz CT molecular complexity index is 170. The van der Waals surface area contributed by atoms with Gasteiger partial charge < -0.3 is 13.3 Å². The van der Waals surface area contributed by atoms with Gasteiger partial charge in [-0.05, 0) is 39.0 Å². The van der Waals surface area contributed by atoms with Crippen LogP contribution in [0.5, 0.6) is 0 Å². The van der Waals surface area contributed by atoms with Crippen molar-refractivity contribution in [2.24, 2.45) is 0 Å². The van der Waals surface area contributed by atoms with Crippen molar-refractivity contribution in [2.75, 3.05) is 19.8 Å². The molecule has 0 aromatic heterocycles. The quantitative estimate of drug-likeness (QED) is 0.464. The van der Waals surface area contributed by atoms with E-state index in [0.717, 1.165) is 17.3 Å². The lowest BCUT2D eigenvalue weighted by molar-refractivity contribution is 0.0719. The van der Waals surface area contributed by atoms with Crippen molar-refractivity contribution in [3.05, 3.63) is 0 Å². The predicted molar refractivity (Wildman–Crippen MR) is 68.3 cm³/mol. The van der Waals surface area contributed by atoms with Crippen LogP contribution in [0.3, 0.4) is 0 Å². The number of hydrogen-bond donors (Lipinski definition) is 0. The highest BCUT2D eigenvalue weighted by molar-refractivity contribution is 7.80. The Balaban J connectivity index is 4.37. The second-order valence-corrected chi connectivity index (χ2v) is 6.61. The maximum atomic E-state index is 5.70. The van der Waals surface area contributed by atoms with E-state index in [1.54, 1.807) is 0 Å². The molecule has 0 aromatic rings. The Morgan fingerprint density at radius 1 is 1.00 bits per heavy atom. The van der Waals surface area contributed by atoms with Crippen molar-refractivity contribution in [3.8, 4) is 0 Å². The summed E-state index contributed by atoms with van der Waals surface area (Å²) in [6.07, 6.45) is 0.835. The summed E-state index contributed by atoms with van der Waals surface area (Å²) < 4.78 is 17.1. The van der Waals surface area contributed by atoms with E-state index >= 15 is 0 Å². The summed E-state index contributed by atoms with van der Waals surface area (Å²) in [7, 11) is -2.45. The van der Waals surface area contributed by atoms with Crippen LogP contribution >= 0.6 is 12.2 Å². The van der Waals surface area contributed by atoms with Gasteiger partial charge in [-0.3, -0.25) is 0 Å². The zero-order valence-corrected chi connectivity index (χ0v) is 12.0. The maximum Gasteiger partial charge on any atom is 0.501 e. The molecule has 0 radical (unpaired) electrons. The molecule has 15 heavy (non-hydrogen) atoms. The van der Waals surface area contributed by atoms with Crippen LogP contribution in [-0.2, 0) is 13.3 Å². The van der Waals surface area contributed by atoms with Gasteiger partial charge in [0.15, 0.2) is 0 Å². The Hall–Kier alpha value is 0.187. The van der Waals surface area contributed by atoms with Crippen molar-refractivity contribution >= 4 is 25.9 Å². The third kappa shape index (κ3) is 6.37. The van der Waals surface area contributed by atoms with Crippen LogP contribution in [0, 0.1) is 0 Å². The molecule has 5 heteroatoms. The SMILES string of the molecule is CCO[Si](CCC(C)=S)(OCC)OCC. The molecule has 0 saturated carbocycles. The lowest BCUT2D eigenvalue weighted by Gasteiger charge is -2.28.